The Morgan fingerprint density at radius 2 is 1.73 bits per heavy atom. The average molecular weight is 497 g/mol. The number of nitrogens with one attached hydrogen (secondary N) is 1. The van der Waals surface area contributed by atoms with E-state index in [-0.39, 0.29) is 9.77 Å². The standard InChI is InChI=1S/C25H24N2O3S3/c1-17-11-12-20(14-18(17)2)27(3)33(29,30)24-22(19-8-5-4-6-9-19)16-32-23(24)25(28)26-15-21-10-7-13-31-21/h4-14,16H,15H2,1-3H3,(H,26,28). The fourth-order valence-corrected chi connectivity index (χ4v) is 6.95. The number of amides is 1. The van der Waals surface area contributed by atoms with Gasteiger partial charge in [0.1, 0.15) is 9.77 Å². The molecule has 170 valence electrons. The minimum atomic E-state index is -4.02. The average Bonchev–Trinajstić information content (AvgIpc) is 3.50. The minimum absolute atomic E-state index is 0.0307. The van der Waals surface area contributed by atoms with Crippen LogP contribution in [0, 0.1) is 13.8 Å². The Morgan fingerprint density at radius 1 is 0.970 bits per heavy atom. The largest absolute Gasteiger partial charge is 0.346 e. The number of benzene rings is 2. The van der Waals surface area contributed by atoms with E-state index in [0.717, 1.165) is 32.9 Å². The molecule has 0 aliphatic rings. The maximum Gasteiger partial charge on any atom is 0.266 e. The van der Waals surface area contributed by atoms with Gasteiger partial charge in [-0.15, -0.1) is 22.7 Å². The summed E-state index contributed by atoms with van der Waals surface area (Å²) >= 11 is 2.69. The molecule has 1 amide bonds. The number of aryl methyl sites for hydroxylation is 2. The number of hydrogen-bond donors (Lipinski definition) is 1. The van der Waals surface area contributed by atoms with E-state index in [1.807, 2.05) is 73.8 Å². The first kappa shape index (κ1) is 23.2. The van der Waals surface area contributed by atoms with Crippen LogP contribution in [0.4, 0.5) is 5.69 Å². The molecule has 0 aliphatic heterocycles. The Morgan fingerprint density at radius 3 is 2.39 bits per heavy atom. The summed E-state index contributed by atoms with van der Waals surface area (Å²) in [6.45, 7) is 4.28. The van der Waals surface area contributed by atoms with Gasteiger partial charge in [-0.05, 0) is 54.1 Å². The first-order chi connectivity index (χ1) is 15.8. The predicted octanol–water partition coefficient (Wildman–Crippen LogP) is 5.85. The molecule has 0 atom stereocenters. The molecular formula is C25H24N2O3S3. The number of rotatable bonds is 7. The van der Waals surface area contributed by atoms with Crippen molar-refractivity contribution in [2.75, 3.05) is 11.4 Å². The molecule has 0 aliphatic carbocycles. The fraction of sp³-hybridized carbons (Fsp3) is 0.160. The molecule has 8 heteroatoms. The van der Waals surface area contributed by atoms with Crippen molar-refractivity contribution in [3.8, 4) is 11.1 Å². The van der Waals surface area contributed by atoms with E-state index in [2.05, 4.69) is 5.32 Å². The molecule has 0 fully saturated rings. The highest BCUT2D eigenvalue weighted by Gasteiger charge is 2.32. The predicted molar refractivity (Wildman–Crippen MR) is 137 cm³/mol. The Bertz CT molecular complexity index is 1380. The van der Waals surface area contributed by atoms with Crippen LogP contribution in [0.5, 0.6) is 0 Å². The molecule has 2 aromatic heterocycles. The number of thiophene rings is 2. The SMILES string of the molecule is Cc1ccc(N(C)S(=O)(=O)c2c(-c3ccccc3)csc2C(=O)NCc2cccs2)cc1C. The summed E-state index contributed by atoms with van der Waals surface area (Å²) in [4.78, 5) is 14.3. The first-order valence-corrected chi connectivity index (χ1v) is 13.5. The van der Waals surface area contributed by atoms with Crippen molar-refractivity contribution < 1.29 is 13.2 Å². The molecule has 0 saturated heterocycles. The summed E-state index contributed by atoms with van der Waals surface area (Å²) in [5, 5.41) is 6.56. The van der Waals surface area contributed by atoms with E-state index in [4.69, 9.17) is 0 Å². The highest BCUT2D eigenvalue weighted by molar-refractivity contribution is 7.93. The molecule has 0 radical (unpaired) electrons. The van der Waals surface area contributed by atoms with E-state index in [0.29, 0.717) is 17.8 Å². The lowest BCUT2D eigenvalue weighted by atomic mass is 10.1. The van der Waals surface area contributed by atoms with Gasteiger partial charge < -0.3 is 5.32 Å². The van der Waals surface area contributed by atoms with Crippen LogP contribution in [0.25, 0.3) is 11.1 Å². The molecular weight excluding hydrogens is 472 g/mol. The zero-order chi connectivity index (χ0) is 23.6. The number of sulfonamides is 1. The van der Waals surface area contributed by atoms with Crippen molar-refractivity contribution >= 4 is 44.3 Å². The zero-order valence-electron chi connectivity index (χ0n) is 18.5. The Labute approximate surface area is 202 Å². The third-order valence-electron chi connectivity index (χ3n) is 5.51. The van der Waals surface area contributed by atoms with Crippen molar-refractivity contribution in [1.82, 2.24) is 5.32 Å². The van der Waals surface area contributed by atoms with Gasteiger partial charge in [0.25, 0.3) is 15.9 Å². The second-order valence-corrected chi connectivity index (χ2v) is 11.5. The van der Waals surface area contributed by atoms with Crippen LogP contribution in [0.2, 0.25) is 0 Å². The summed E-state index contributed by atoms with van der Waals surface area (Å²) in [6, 6.07) is 18.7. The number of nitrogens with zero attached hydrogens (tertiary/aromatic N) is 1. The fourth-order valence-electron chi connectivity index (χ4n) is 3.43. The van der Waals surface area contributed by atoms with Crippen molar-refractivity contribution in [1.29, 1.82) is 0 Å². The number of anilines is 1. The molecule has 0 unspecified atom stereocenters. The molecule has 0 bridgehead atoms. The molecule has 4 aromatic rings. The lowest BCUT2D eigenvalue weighted by Gasteiger charge is -2.22. The Hall–Kier alpha value is -2.94. The second kappa shape index (κ2) is 9.51. The molecule has 0 spiro atoms. The molecule has 2 aromatic carbocycles. The van der Waals surface area contributed by atoms with Crippen LogP contribution in [0.1, 0.15) is 25.7 Å². The van der Waals surface area contributed by atoms with Gasteiger partial charge in [-0.1, -0.05) is 42.5 Å². The van der Waals surface area contributed by atoms with E-state index >= 15 is 0 Å². The molecule has 0 saturated carbocycles. The quantitative estimate of drug-likeness (QED) is 0.349. The maximum absolute atomic E-state index is 13.9. The molecule has 5 nitrogen and oxygen atoms in total. The molecule has 33 heavy (non-hydrogen) atoms. The Balaban J connectivity index is 1.79. The first-order valence-electron chi connectivity index (χ1n) is 10.3. The van der Waals surface area contributed by atoms with Gasteiger partial charge in [0.15, 0.2) is 0 Å². The van der Waals surface area contributed by atoms with Gasteiger partial charge in [0.2, 0.25) is 0 Å². The second-order valence-electron chi connectivity index (χ2n) is 7.68. The van der Waals surface area contributed by atoms with Crippen LogP contribution < -0.4 is 9.62 Å². The van der Waals surface area contributed by atoms with Gasteiger partial charge in [-0.3, -0.25) is 9.10 Å². The third-order valence-corrected chi connectivity index (χ3v) is 9.37. The van der Waals surface area contributed by atoms with Crippen LogP contribution in [-0.4, -0.2) is 21.4 Å². The number of carbonyl (C=O) groups excluding carboxylic acids is 1. The summed E-state index contributed by atoms with van der Waals surface area (Å²) in [5.41, 5.74) is 3.90. The van der Waals surface area contributed by atoms with E-state index in [1.54, 1.807) is 11.4 Å². The topological polar surface area (TPSA) is 66.5 Å². The monoisotopic (exact) mass is 496 g/mol. The van der Waals surface area contributed by atoms with Crippen LogP contribution in [0.3, 0.4) is 0 Å². The molecule has 4 rings (SSSR count). The highest BCUT2D eigenvalue weighted by atomic mass is 32.2. The van der Waals surface area contributed by atoms with Crippen molar-refractivity contribution in [3.63, 3.8) is 0 Å². The van der Waals surface area contributed by atoms with Crippen molar-refractivity contribution in [3.05, 3.63) is 92.3 Å². The normalized spacial score (nSPS) is 11.4. The van der Waals surface area contributed by atoms with Gasteiger partial charge in [-0.25, -0.2) is 8.42 Å². The molecule has 2 heterocycles. The zero-order valence-corrected chi connectivity index (χ0v) is 21.0. The van der Waals surface area contributed by atoms with Crippen LogP contribution >= 0.6 is 22.7 Å². The lowest BCUT2D eigenvalue weighted by Crippen LogP contribution is -2.30. The van der Waals surface area contributed by atoms with E-state index < -0.39 is 15.9 Å². The van der Waals surface area contributed by atoms with E-state index in [9.17, 15) is 13.2 Å². The van der Waals surface area contributed by atoms with Gasteiger partial charge in [0, 0.05) is 22.9 Å². The van der Waals surface area contributed by atoms with Crippen molar-refractivity contribution in [2.24, 2.45) is 0 Å². The van der Waals surface area contributed by atoms with Crippen LogP contribution in [-0.2, 0) is 16.6 Å². The van der Waals surface area contributed by atoms with Crippen molar-refractivity contribution in [2.45, 2.75) is 25.3 Å². The smallest absolute Gasteiger partial charge is 0.266 e. The van der Waals surface area contributed by atoms with Gasteiger partial charge in [-0.2, -0.15) is 0 Å². The Kier molecular flexibility index (Phi) is 6.69. The summed E-state index contributed by atoms with van der Waals surface area (Å²) in [7, 11) is -2.49. The minimum Gasteiger partial charge on any atom is -0.346 e. The summed E-state index contributed by atoms with van der Waals surface area (Å²) in [6.07, 6.45) is 0. The van der Waals surface area contributed by atoms with Gasteiger partial charge in [0.05, 0.1) is 12.2 Å². The maximum atomic E-state index is 13.9. The number of hydrogen-bond acceptors (Lipinski definition) is 5. The van der Waals surface area contributed by atoms with Crippen LogP contribution in [0.15, 0.2) is 76.3 Å². The summed E-state index contributed by atoms with van der Waals surface area (Å²) in [5.74, 6) is -0.400. The summed E-state index contributed by atoms with van der Waals surface area (Å²) < 4.78 is 29.0. The molecule has 1 N–H and O–H groups in total. The number of carbonyl (C=O) groups is 1. The third kappa shape index (κ3) is 4.73. The highest BCUT2D eigenvalue weighted by Crippen LogP contribution is 2.38. The van der Waals surface area contributed by atoms with Gasteiger partial charge >= 0.3 is 0 Å². The van der Waals surface area contributed by atoms with E-state index in [1.165, 1.54) is 22.7 Å². The lowest BCUT2D eigenvalue weighted by molar-refractivity contribution is 0.0952.